The van der Waals surface area contributed by atoms with E-state index in [0.717, 1.165) is 13.1 Å². The maximum atomic E-state index is 5.83. The molecule has 3 nitrogen and oxygen atoms in total. The van der Waals surface area contributed by atoms with Crippen LogP contribution in [0.4, 0.5) is 0 Å². The molecule has 1 rings (SSSR count). The van der Waals surface area contributed by atoms with Gasteiger partial charge in [-0.15, -0.1) is 0 Å². The van der Waals surface area contributed by atoms with Gasteiger partial charge in [0, 0.05) is 12.6 Å². The van der Waals surface area contributed by atoms with E-state index < -0.39 is 0 Å². The lowest BCUT2D eigenvalue weighted by Crippen LogP contribution is -2.27. The lowest BCUT2D eigenvalue weighted by atomic mass is 10.2. The predicted octanol–water partition coefficient (Wildman–Crippen LogP) is 0.409. The van der Waals surface area contributed by atoms with E-state index in [4.69, 9.17) is 5.73 Å². The molecule has 1 atom stereocenters. The van der Waals surface area contributed by atoms with E-state index in [1.165, 1.54) is 38.8 Å². The van der Waals surface area contributed by atoms with E-state index in [0.29, 0.717) is 6.04 Å². The number of rotatable bonds is 6. The topological polar surface area (TPSA) is 41.3 Å². The van der Waals surface area contributed by atoms with Gasteiger partial charge in [0.1, 0.15) is 0 Å². The Labute approximate surface area is 81.7 Å². The molecule has 0 aromatic rings. The first kappa shape index (κ1) is 11.0. The fraction of sp³-hybridized carbons (Fsp3) is 1.00. The number of likely N-dealkylation sites (tertiary alicyclic amines) is 1. The van der Waals surface area contributed by atoms with Crippen molar-refractivity contribution < 1.29 is 0 Å². The van der Waals surface area contributed by atoms with Crippen LogP contribution in [0.5, 0.6) is 0 Å². The highest BCUT2D eigenvalue weighted by Gasteiger charge is 2.17. The maximum Gasteiger partial charge on any atom is 0.0180 e. The number of nitrogens with one attached hydrogen (secondary N) is 1. The predicted molar refractivity (Wildman–Crippen MR) is 56.8 cm³/mol. The smallest absolute Gasteiger partial charge is 0.0180 e. The first-order valence-corrected chi connectivity index (χ1v) is 5.45. The fourth-order valence-electron chi connectivity index (χ4n) is 1.88. The first-order chi connectivity index (χ1) is 6.33. The van der Waals surface area contributed by atoms with Crippen molar-refractivity contribution in [3.8, 4) is 0 Å². The molecule has 0 aromatic carbocycles. The summed E-state index contributed by atoms with van der Waals surface area (Å²) in [5.41, 5.74) is 5.83. The highest BCUT2D eigenvalue weighted by Crippen LogP contribution is 2.08. The Morgan fingerprint density at radius 2 is 2.23 bits per heavy atom. The molecule has 0 spiro atoms. The molecular formula is C10H23N3. The van der Waals surface area contributed by atoms with E-state index in [-0.39, 0.29) is 0 Å². The molecule has 1 saturated heterocycles. The van der Waals surface area contributed by atoms with Gasteiger partial charge in [0.15, 0.2) is 0 Å². The van der Waals surface area contributed by atoms with Gasteiger partial charge in [-0.2, -0.15) is 0 Å². The van der Waals surface area contributed by atoms with Crippen LogP contribution < -0.4 is 11.1 Å². The van der Waals surface area contributed by atoms with Crippen LogP contribution in [-0.2, 0) is 0 Å². The van der Waals surface area contributed by atoms with Crippen LogP contribution >= 0.6 is 0 Å². The molecule has 78 valence electrons. The van der Waals surface area contributed by atoms with Crippen molar-refractivity contribution in [1.29, 1.82) is 0 Å². The molecule has 3 heteroatoms. The molecule has 0 aliphatic carbocycles. The minimum Gasteiger partial charge on any atom is -0.326 e. The Morgan fingerprint density at radius 3 is 2.85 bits per heavy atom. The normalized spacial score (nSPS) is 24.0. The zero-order chi connectivity index (χ0) is 9.52. The van der Waals surface area contributed by atoms with Crippen LogP contribution in [0.15, 0.2) is 0 Å². The van der Waals surface area contributed by atoms with E-state index in [2.05, 4.69) is 10.2 Å². The summed E-state index contributed by atoms with van der Waals surface area (Å²) in [7, 11) is 2.01. The van der Waals surface area contributed by atoms with Gasteiger partial charge in [-0.3, -0.25) is 0 Å². The van der Waals surface area contributed by atoms with Crippen LogP contribution in [0.1, 0.15) is 25.7 Å². The maximum absolute atomic E-state index is 5.83. The highest BCUT2D eigenvalue weighted by atomic mass is 15.2. The molecule has 1 aliphatic heterocycles. The zero-order valence-corrected chi connectivity index (χ0v) is 8.76. The van der Waals surface area contributed by atoms with Crippen molar-refractivity contribution in [2.75, 3.05) is 33.2 Å². The highest BCUT2D eigenvalue weighted by molar-refractivity contribution is 4.77. The number of hydrogen-bond donors (Lipinski definition) is 2. The van der Waals surface area contributed by atoms with Crippen molar-refractivity contribution in [1.82, 2.24) is 10.2 Å². The first-order valence-electron chi connectivity index (χ1n) is 5.45. The Bertz CT molecular complexity index is 127. The van der Waals surface area contributed by atoms with Gasteiger partial charge in [-0.1, -0.05) is 6.42 Å². The van der Waals surface area contributed by atoms with Gasteiger partial charge < -0.3 is 16.0 Å². The standard InChI is InChI=1S/C10H23N3/c1-12-6-3-2-4-7-13-8-5-10(11)9-13/h10,12H,2-9,11H2,1H3/t10-/m1/s1. The van der Waals surface area contributed by atoms with Crippen LogP contribution in [-0.4, -0.2) is 44.2 Å². The van der Waals surface area contributed by atoms with Gasteiger partial charge in [-0.05, 0) is 45.9 Å². The second-order valence-electron chi connectivity index (χ2n) is 4.01. The van der Waals surface area contributed by atoms with E-state index in [1.807, 2.05) is 7.05 Å². The average Bonchev–Trinajstić information content (AvgIpc) is 2.51. The Hall–Kier alpha value is -0.120. The third-order valence-corrected chi connectivity index (χ3v) is 2.71. The van der Waals surface area contributed by atoms with Gasteiger partial charge in [0.25, 0.3) is 0 Å². The summed E-state index contributed by atoms with van der Waals surface area (Å²) >= 11 is 0. The van der Waals surface area contributed by atoms with E-state index in [9.17, 15) is 0 Å². The molecule has 3 N–H and O–H groups in total. The number of nitrogens with zero attached hydrogens (tertiary/aromatic N) is 1. The summed E-state index contributed by atoms with van der Waals surface area (Å²) in [5.74, 6) is 0. The van der Waals surface area contributed by atoms with Crippen molar-refractivity contribution in [3.05, 3.63) is 0 Å². The monoisotopic (exact) mass is 185 g/mol. The third kappa shape index (κ3) is 4.60. The van der Waals surface area contributed by atoms with Crippen molar-refractivity contribution in [3.63, 3.8) is 0 Å². The summed E-state index contributed by atoms with van der Waals surface area (Å²) in [6.45, 7) is 4.73. The zero-order valence-electron chi connectivity index (χ0n) is 8.76. The van der Waals surface area contributed by atoms with Crippen molar-refractivity contribution in [2.45, 2.75) is 31.7 Å². The number of unbranched alkanes of at least 4 members (excludes halogenated alkanes) is 2. The van der Waals surface area contributed by atoms with Crippen LogP contribution in [0.3, 0.4) is 0 Å². The van der Waals surface area contributed by atoms with Gasteiger partial charge in [0.2, 0.25) is 0 Å². The molecule has 0 bridgehead atoms. The molecule has 1 heterocycles. The lowest BCUT2D eigenvalue weighted by molar-refractivity contribution is 0.324. The largest absolute Gasteiger partial charge is 0.326 e. The summed E-state index contributed by atoms with van der Waals surface area (Å²) in [6, 6.07) is 0.442. The molecular weight excluding hydrogens is 162 g/mol. The molecule has 0 unspecified atom stereocenters. The Balaban J connectivity index is 1.88. The lowest BCUT2D eigenvalue weighted by Gasteiger charge is -2.14. The third-order valence-electron chi connectivity index (χ3n) is 2.71. The van der Waals surface area contributed by atoms with Gasteiger partial charge in [-0.25, -0.2) is 0 Å². The molecule has 13 heavy (non-hydrogen) atoms. The number of nitrogens with two attached hydrogens (primary N) is 1. The molecule has 0 saturated carbocycles. The van der Waals surface area contributed by atoms with Crippen LogP contribution in [0.25, 0.3) is 0 Å². The van der Waals surface area contributed by atoms with Gasteiger partial charge in [0.05, 0.1) is 0 Å². The second kappa shape index (κ2) is 6.35. The summed E-state index contributed by atoms with van der Waals surface area (Å²) in [4.78, 5) is 2.49. The van der Waals surface area contributed by atoms with Crippen LogP contribution in [0.2, 0.25) is 0 Å². The van der Waals surface area contributed by atoms with Crippen molar-refractivity contribution >= 4 is 0 Å². The van der Waals surface area contributed by atoms with Gasteiger partial charge >= 0.3 is 0 Å². The summed E-state index contributed by atoms with van der Waals surface area (Å²) in [5, 5.41) is 3.17. The average molecular weight is 185 g/mol. The molecule has 1 aliphatic rings. The Kier molecular flexibility index (Phi) is 5.35. The second-order valence-corrected chi connectivity index (χ2v) is 4.01. The molecule has 0 radical (unpaired) electrons. The molecule has 1 fully saturated rings. The van der Waals surface area contributed by atoms with E-state index in [1.54, 1.807) is 0 Å². The minimum absolute atomic E-state index is 0.442. The van der Waals surface area contributed by atoms with E-state index >= 15 is 0 Å². The van der Waals surface area contributed by atoms with Crippen molar-refractivity contribution in [2.24, 2.45) is 5.73 Å². The SMILES string of the molecule is CNCCCCCN1CC[C@@H](N)C1. The summed E-state index contributed by atoms with van der Waals surface area (Å²) in [6.07, 6.45) is 5.16. The fourth-order valence-corrected chi connectivity index (χ4v) is 1.88. The Morgan fingerprint density at radius 1 is 1.38 bits per heavy atom. The molecule has 0 amide bonds. The number of hydrogen-bond acceptors (Lipinski definition) is 3. The summed E-state index contributed by atoms with van der Waals surface area (Å²) < 4.78 is 0. The van der Waals surface area contributed by atoms with Crippen LogP contribution in [0, 0.1) is 0 Å². The molecule has 0 aromatic heterocycles. The minimum atomic E-state index is 0.442. The quantitative estimate of drug-likeness (QED) is 0.589.